The van der Waals surface area contributed by atoms with Gasteiger partial charge in [-0.15, -0.1) is 0 Å². The summed E-state index contributed by atoms with van der Waals surface area (Å²) in [6.45, 7) is 2.72. The molecule has 16 atom stereocenters. The minimum absolute atomic E-state index is 0.0137. The number of nitrogens with zero attached hydrogens (tertiary/aromatic N) is 3. The van der Waals surface area contributed by atoms with Gasteiger partial charge in [-0.1, -0.05) is 26.2 Å². The highest BCUT2D eigenvalue weighted by molar-refractivity contribution is 5.91. The zero-order valence-corrected chi connectivity index (χ0v) is 37.7. The molecular weight excluding hydrogens is 908 g/mol. The molecule has 2 aromatic rings. The molecule has 0 aromatic carbocycles. The lowest BCUT2D eigenvalue weighted by Crippen LogP contribution is -2.65. The van der Waals surface area contributed by atoms with E-state index in [0.717, 1.165) is 13.3 Å². The van der Waals surface area contributed by atoms with Crippen LogP contribution in [-0.4, -0.2) is 208 Å². The highest BCUT2D eigenvalue weighted by atomic mass is 16.7. The largest absolute Gasteiger partial charge is 0.394 e. The summed E-state index contributed by atoms with van der Waals surface area (Å²) in [5.74, 6) is -4.07. The molecule has 5 rings (SSSR count). The maximum atomic E-state index is 14.1. The number of aliphatic hydroxyl groups excluding tert-OH is 8. The molecule has 5 amide bonds. The third-order valence-corrected chi connectivity index (χ3v) is 11.9. The summed E-state index contributed by atoms with van der Waals surface area (Å²) in [4.78, 5) is 88.3. The number of amides is 5. The molecule has 0 bridgehead atoms. The third-order valence-electron chi connectivity index (χ3n) is 11.9. The summed E-state index contributed by atoms with van der Waals surface area (Å²) in [6.07, 6.45) is -17.0. The van der Waals surface area contributed by atoms with Crippen LogP contribution in [-0.2, 0) is 42.9 Å². The number of H-pyrrole nitrogens is 1. The second kappa shape index (κ2) is 24.5. The van der Waals surface area contributed by atoms with E-state index in [-0.39, 0.29) is 55.9 Å². The normalized spacial score (nSPS) is 31.4. The van der Waals surface area contributed by atoms with Gasteiger partial charge in [0.25, 0.3) is 11.5 Å². The molecule has 16 N–H and O–H groups in total. The van der Waals surface area contributed by atoms with Gasteiger partial charge in [0.05, 0.1) is 25.6 Å². The Kier molecular flexibility index (Phi) is 19.5. The van der Waals surface area contributed by atoms with Gasteiger partial charge in [0, 0.05) is 20.0 Å². The van der Waals surface area contributed by atoms with Crippen molar-refractivity contribution in [3.8, 4) is 0 Å². The van der Waals surface area contributed by atoms with Crippen LogP contribution in [0.25, 0.3) is 11.2 Å². The highest BCUT2D eigenvalue weighted by Crippen LogP contribution is 2.31. The fourth-order valence-corrected chi connectivity index (χ4v) is 8.00. The number of hydrogen-bond donors (Lipinski definition) is 15. The topological polar surface area (TPSA) is 434 Å². The molecule has 0 saturated carbocycles. The monoisotopic (exact) mass is 972 g/mol. The summed E-state index contributed by atoms with van der Waals surface area (Å²) in [6, 6.07) is -2.73. The Balaban J connectivity index is 1.24. The standard InChI is InChI=1S/C40H64N10O18/c1-4-5-6-10-19(67-39-23(46-17(3)52)28(57)27(56)21(14-51)68-39)35(62)47-18(9-7-8-11-42-37(64)32-30(59)29(58)25(54)16(2)65-32)34(61)44-13-22(53)43-12-20-26(55)31(60)38(66-20)50-15-45-24-33(50)48-40(41)49-36(24)63/h15-16,18-21,23,25-32,38-39,51,54-60H,4-14H2,1-3H3,(H,42,64)(H,43,53)(H,44,61)(H,46,52)(H,47,62)(H3,41,48,49,63)/t16-,18-,19?,20+,21+,23+,25+,26+,27+,28+,29+,30-,31+,32-,38+,39+/m0/s1. The zero-order valence-electron chi connectivity index (χ0n) is 37.7. The predicted molar refractivity (Wildman–Crippen MR) is 230 cm³/mol. The van der Waals surface area contributed by atoms with Crippen LogP contribution in [0.15, 0.2) is 11.1 Å². The van der Waals surface area contributed by atoms with Crippen molar-refractivity contribution in [1.82, 2.24) is 46.1 Å². The van der Waals surface area contributed by atoms with Crippen molar-refractivity contribution in [1.29, 1.82) is 0 Å². The average molecular weight is 973 g/mol. The third kappa shape index (κ3) is 13.2. The molecule has 0 aliphatic carbocycles. The SMILES string of the molecule is CCCCCC(O[C@@H]1O[C@H](CO)[C@@H](O)[C@H](O)[C@H]1NC(C)=O)C(=O)N[C@@H](CCCCNC(=O)[C@H]1O[C@@H](C)[C@@H](O)[C@@H](O)[C@@H]1O)C(=O)NCC(=O)NC[C@H]1O[C@@H](n2cnc3c(=O)[nH]c(N)nc32)[C@H](O)[C@@H]1O. The first-order valence-corrected chi connectivity index (χ1v) is 22.4. The van der Waals surface area contributed by atoms with Crippen LogP contribution in [0.3, 0.4) is 0 Å². The Bertz CT molecular complexity index is 2100. The first-order valence-electron chi connectivity index (χ1n) is 22.4. The Morgan fingerprint density at radius 3 is 2.25 bits per heavy atom. The predicted octanol–water partition coefficient (Wildman–Crippen LogP) is -6.90. The zero-order chi connectivity index (χ0) is 50.0. The minimum atomic E-state index is -1.71. The molecule has 1 unspecified atom stereocenters. The summed E-state index contributed by atoms with van der Waals surface area (Å²) < 4.78 is 24.1. The van der Waals surface area contributed by atoms with Crippen LogP contribution in [0, 0.1) is 0 Å². The molecule has 3 saturated heterocycles. The van der Waals surface area contributed by atoms with Crippen molar-refractivity contribution in [3.05, 3.63) is 16.7 Å². The quantitative estimate of drug-likeness (QED) is 0.0488. The van der Waals surface area contributed by atoms with E-state index in [2.05, 4.69) is 41.5 Å². The molecule has 0 spiro atoms. The fraction of sp³-hybridized carbons (Fsp3) is 0.750. The summed E-state index contributed by atoms with van der Waals surface area (Å²) in [5, 5.41) is 95.6. The first-order chi connectivity index (χ1) is 32.3. The van der Waals surface area contributed by atoms with E-state index in [1.807, 2.05) is 6.92 Å². The van der Waals surface area contributed by atoms with Gasteiger partial charge < -0.3 is 92.1 Å². The van der Waals surface area contributed by atoms with E-state index in [1.54, 1.807) is 0 Å². The van der Waals surface area contributed by atoms with Crippen LogP contribution in [0.1, 0.15) is 71.9 Å². The van der Waals surface area contributed by atoms with Crippen molar-refractivity contribution in [3.63, 3.8) is 0 Å². The Morgan fingerprint density at radius 1 is 0.853 bits per heavy atom. The second-order valence-electron chi connectivity index (χ2n) is 17.0. The number of fused-ring (bicyclic) bond motifs is 1. The number of aliphatic hydroxyl groups is 8. The van der Waals surface area contributed by atoms with Crippen molar-refractivity contribution < 1.29 is 83.8 Å². The Labute approximate surface area is 388 Å². The van der Waals surface area contributed by atoms with Gasteiger partial charge in [-0.2, -0.15) is 4.98 Å². The van der Waals surface area contributed by atoms with Crippen molar-refractivity contribution >= 4 is 46.6 Å². The van der Waals surface area contributed by atoms with E-state index >= 15 is 0 Å². The first kappa shape index (κ1) is 54.0. The van der Waals surface area contributed by atoms with E-state index in [9.17, 15) is 69.6 Å². The van der Waals surface area contributed by atoms with Gasteiger partial charge in [-0.3, -0.25) is 38.3 Å². The summed E-state index contributed by atoms with van der Waals surface area (Å²) in [7, 11) is 0. The molecule has 3 aliphatic rings. The molecule has 3 fully saturated rings. The van der Waals surface area contributed by atoms with E-state index < -0.39 is 146 Å². The smallest absolute Gasteiger partial charge is 0.280 e. The van der Waals surface area contributed by atoms with Crippen molar-refractivity contribution in [2.24, 2.45) is 0 Å². The van der Waals surface area contributed by atoms with Crippen LogP contribution in [0.2, 0.25) is 0 Å². The maximum absolute atomic E-state index is 14.1. The fourth-order valence-electron chi connectivity index (χ4n) is 8.00. The number of nitrogens with two attached hydrogens (primary N) is 1. The number of ether oxygens (including phenoxy) is 4. The van der Waals surface area contributed by atoms with E-state index in [4.69, 9.17) is 24.7 Å². The van der Waals surface area contributed by atoms with Gasteiger partial charge in [-0.25, -0.2) is 4.98 Å². The lowest BCUT2D eigenvalue weighted by Gasteiger charge is -2.43. The molecule has 3 aliphatic heterocycles. The molecule has 28 nitrogen and oxygen atoms in total. The molecular formula is C40H64N10O18. The summed E-state index contributed by atoms with van der Waals surface area (Å²) in [5.41, 5.74) is 4.88. The number of carbonyl (C=O) groups excluding carboxylic acids is 5. The summed E-state index contributed by atoms with van der Waals surface area (Å²) >= 11 is 0. The minimum Gasteiger partial charge on any atom is -0.394 e. The number of unbranched alkanes of at least 4 members (excludes halogenated alkanes) is 3. The van der Waals surface area contributed by atoms with Gasteiger partial charge in [0.1, 0.15) is 73.1 Å². The van der Waals surface area contributed by atoms with E-state index in [0.29, 0.717) is 12.8 Å². The molecule has 28 heteroatoms. The number of nitrogen functional groups attached to an aromatic ring is 1. The van der Waals surface area contributed by atoms with Crippen LogP contribution >= 0.6 is 0 Å². The van der Waals surface area contributed by atoms with Crippen molar-refractivity contribution in [2.75, 3.05) is 32.0 Å². The lowest BCUT2D eigenvalue weighted by atomic mass is 9.95. The Hall–Kier alpha value is -4.98. The number of carbonyl (C=O) groups is 5. The van der Waals surface area contributed by atoms with Gasteiger partial charge in [0.15, 0.2) is 29.8 Å². The van der Waals surface area contributed by atoms with Gasteiger partial charge >= 0.3 is 0 Å². The average Bonchev–Trinajstić information content (AvgIpc) is 3.85. The number of nitrogens with one attached hydrogen (secondary N) is 6. The number of aromatic nitrogens is 4. The highest BCUT2D eigenvalue weighted by Gasteiger charge is 2.48. The molecule has 68 heavy (non-hydrogen) atoms. The molecule has 5 heterocycles. The van der Waals surface area contributed by atoms with Crippen LogP contribution in [0.4, 0.5) is 5.95 Å². The van der Waals surface area contributed by atoms with E-state index in [1.165, 1.54) is 17.8 Å². The number of imidazole rings is 1. The number of hydrogen-bond acceptors (Lipinski definition) is 21. The molecule has 2 aromatic heterocycles. The van der Waals surface area contributed by atoms with Gasteiger partial charge in [0.2, 0.25) is 29.6 Å². The molecule has 0 radical (unpaired) electrons. The van der Waals surface area contributed by atoms with Crippen LogP contribution < -0.4 is 37.9 Å². The van der Waals surface area contributed by atoms with Crippen molar-refractivity contribution in [2.45, 2.75) is 164 Å². The number of rotatable bonds is 22. The van der Waals surface area contributed by atoms with Gasteiger partial charge in [-0.05, 0) is 32.6 Å². The number of anilines is 1. The van der Waals surface area contributed by atoms with Crippen LogP contribution in [0.5, 0.6) is 0 Å². The molecule has 382 valence electrons. The lowest BCUT2D eigenvalue weighted by molar-refractivity contribution is -0.279. The second-order valence-corrected chi connectivity index (χ2v) is 17.0. The number of aromatic amines is 1. The maximum Gasteiger partial charge on any atom is 0.280 e. The Morgan fingerprint density at radius 2 is 1.56 bits per heavy atom.